The number of carboxylic acids is 1. The number of hydrogen-bond donors (Lipinski definition) is 2. The summed E-state index contributed by atoms with van der Waals surface area (Å²) in [6, 6.07) is 17.0. The molecule has 2 unspecified atom stereocenters. The lowest BCUT2D eigenvalue weighted by Crippen LogP contribution is -2.46. The Kier molecular flexibility index (Phi) is 7.44. The molecule has 8 nitrogen and oxygen atoms in total. The summed E-state index contributed by atoms with van der Waals surface area (Å²) >= 11 is 0. The topological polar surface area (TPSA) is 104 Å². The first-order chi connectivity index (χ1) is 18.5. The van der Waals surface area contributed by atoms with E-state index in [0.29, 0.717) is 36.0 Å². The van der Waals surface area contributed by atoms with Crippen LogP contribution in [0.1, 0.15) is 42.4 Å². The molecule has 200 valence electrons. The number of hydrogen-bond acceptors (Lipinski definition) is 7. The summed E-state index contributed by atoms with van der Waals surface area (Å²) in [6.07, 6.45) is 1.26. The van der Waals surface area contributed by atoms with Gasteiger partial charge in [-0.2, -0.15) is 0 Å². The van der Waals surface area contributed by atoms with Crippen LogP contribution in [0.15, 0.2) is 54.6 Å². The van der Waals surface area contributed by atoms with E-state index in [4.69, 9.17) is 23.7 Å². The Hall–Kier alpha value is -3.75. The van der Waals surface area contributed by atoms with Crippen molar-refractivity contribution in [3.63, 3.8) is 0 Å². The standard InChI is InChI=1S/C30H32O8/c1-3-14-35-25-12-10-20-22(27(25)21-7-4-5-8-23(21)34-2)17-30(29(32)33,38-15-6-13-31)28(20)19-9-11-24-26(16-19)37-18-36-24/h4-5,7-12,16,28,31H,3,6,13-15,17-18H2,1-2H3,(H,32,33). The predicted molar refractivity (Wildman–Crippen MR) is 140 cm³/mol. The van der Waals surface area contributed by atoms with Crippen molar-refractivity contribution in [3.05, 3.63) is 71.3 Å². The molecule has 1 aliphatic heterocycles. The predicted octanol–water partition coefficient (Wildman–Crippen LogP) is 4.79. The molecule has 38 heavy (non-hydrogen) atoms. The molecule has 0 bridgehead atoms. The molecule has 1 heterocycles. The van der Waals surface area contributed by atoms with Crippen LogP contribution in [-0.4, -0.2) is 55.5 Å². The zero-order valence-electron chi connectivity index (χ0n) is 21.6. The third-order valence-electron chi connectivity index (χ3n) is 7.12. The van der Waals surface area contributed by atoms with Crippen molar-refractivity contribution in [2.45, 2.75) is 37.7 Å². The molecule has 3 aromatic rings. The highest BCUT2D eigenvalue weighted by Gasteiger charge is 2.55. The van der Waals surface area contributed by atoms with Gasteiger partial charge >= 0.3 is 5.97 Å². The largest absolute Gasteiger partial charge is 0.496 e. The summed E-state index contributed by atoms with van der Waals surface area (Å²) in [5, 5.41) is 20.1. The number of aliphatic carboxylic acids is 1. The van der Waals surface area contributed by atoms with Gasteiger partial charge in [0.15, 0.2) is 17.1 Å². The summed E-state index contributed by atoms with van der Waals surface area (Å²) in [6.45, 7) is 2.67. The lowest BCUT2D eigenvalue weighted by molar-refractivity contribution is -0.167. The van der Waals surface area contributed by atoms with Gasteiger partial charge in [-0.25, -0.2) is 4.79 Å². The van der Waals surface area contributed by atoms with Crippen LogP contribution in [0.4, 0.5) is 0 Å². The van der Waals surface area contributed by atoms with Gasteiger partial charge in [0, 0.05) is 30.1 Å². The van der Waals surface area contributed by atoms with Crippen molar-refractivity contribution in [1.29, 1.82) is 0 Å². The van der Waals surface area contributed by atoms with Crippen molar-refractivity contribution in [3.8, 4) is 34.1 Å². The monoisotopic (exact) mass is 520 g/mol. The van der Waals surface area contributed by atoms with Crippen LogP contribution >= 0.6 is 0 Å². The number of benzene rings is 3. The fourth-order valence-electron chi connectivity index (χ4n) is 5.45. The van der Waals surface area contributed by atoms with Gasteiger partial charge in [0.2, 0.25) is 6.79 Å². The van der Waals surface area contributed by atoms with E-state index in [1.165, 1.54) is 0 Å². The quantitative estimate of drug-likeness (QED) is 0.348. The van der Waals surface area contributed by atoms with Gasteiger partial charge in [-0.1, -0.05) is 37.3 Å². The van der Waals surface area contributed by atoms with Crippen LogP contribution in [-0.2, 0) is 16.0 Å². The highest BCUT2D eigenvalue weighted by atomic mass is 16.7. The van der Waals surface area contributed by atoms with Gasteiger partial charge in [-0.15, -0.1) is 0 Å². The maximum atomic E-state index is 13.1. The Labute approximate surface area is 221 Å². The Morgan fingerprint density at radius 2 is 1.87 bits per heavy atom. The zero-order valence-corrected chi connectivity index (χ0v) is 21.6. The first-order valence-electron chi connectivity index (χ1n) is 12.8. The molecular formula is C30H32O8. The van der Waals surface area contributed by atoms with E-state index in [9.17, 15) is 15.0 Å². The van der Waals surface area contributed by atoms with E-state index < -0.39 is 17.5 Å². The van der Waals surface area contributed by atoms with Crippen molar-refractivity contribution in [2.24, 2.45) is 0 Å². The summed E-state index contributed by atoms with van der Waals surface area (Å²) in [4.78, 5) is 13.1. The Morgan fingerprint density at radius 1 is 1.05 bits per heavy atom. The van der Waals surface area contributed by atoms with E-state index in [2.05, 4.69) is 0 Å². The van der Waals surface area contributed by atoms with Crippen molar-refractivity contribution in [1.82, 2.24) is 0 Å². The fourth-order valence-corrected chi connectivity index (χ4v) is 5.45. The summed E-state index contributed by atoms with van der Waals surface area (Å²) in [5.74, 6) is 0.797. The van der Waals surface area contributed by atoms with Gasteiger partial charge < -0.3 is 33.9 Å². The van der Waals surface area contributed by atoms with Crippen molar-refractivity contribution in [2.75, 3.05) is 33.7 Å². The van der Waals surface area contributed by atoms with Crippen LogP contribution in [0.5, 0.6) is 23.0 Å². The summed E-state index contributed by atoms with van der Waals surface area (Å²) in [7, 11) is 1.61. The molecule has 0 radical (unpaired) electrons. The van der Waals surface area contributed by atoms with Gasteiger partial charge in [-0.05, 0) is 53.8 Å². The average molecular weight is 521 g/mol. The second-order valence-corrected chi connectivity index (χ2v) is 9.40. The first-order valence-corrected chi connectivity index (χ1v) is 12.8. The van der Waals surface area contributed by atoms with E-state index in [0.717, 1.165) is 34.2 Å². The summed E-state index contributed by atoms with van der Waals surface area (Å²) < 4.78 is 29.2. The van der Waals surface area contributed by atoms with Gasteiger partial charge in [0.25, 0.3) is 0 Å². The maximum absolute atomic E-state index is 13.1. The Morgan fingerprint density at radius 3 is 2.63 bits per heavy atom. The minimum atomic E-state index is -1.61. The number of carboxylic acid groups (broad SMARTS) is 1. The molecular weight excluding hydrogens is 488 g/mol. The minimum absolute atomic E-state index is 0.0982. The molecule has 0 fully saturated rings. The molecule has 0 amide bonds. The first kappa shape index (κ1) is 25.9. The van der Waals surface area contributed by atoms with Crippen LogP contribution in [0.3, 0.4) is 0 Å². The molecule has 3 aromatic carbocycles. The molecule has 1 aliphatic carbocycles. The smallest absolute Gasteiger partial charge is 0.337 e. The molecule has 0 saturated carbocycles. The van der Waals surface area contributed by atoms with E-state index in [1.807, 2.05) is 55.5 Å². The number of para-hydroxylation sites is 1. The van der Waals surface area contributed by atoms with Gasteiger partial charge in [-0.3, -0.25) is 0 Å². The molecule has 2 atom stereocenters. The van der Waals surface area contributed by atoms with E-state index >= 15 is 0 Å². The van der Waals surface area contributed by atoms with E-state index in [1.54, 1.807) is 13.2 Å². The number of carbonyl (C=O) groups is 1. The number of aliphatic hydroxyl groups excluding tert-OH is 1. The molecule has 2 N–H and O–H groups in total. The molecule has 0 saturated heterocycles. The number of methoxy groups -OCH3 is 1. The average Bonchev–Trinajstić information content (AvgIpc) is 3.54. The van der Waals surface area contributed by atoms with Gasteiger partial charge in [0.05, 0.1) is 20.3 Å². The third-order valence-corrected chi connectivity index (χ3v) is 7.12. The fraction of sp³-hybridized carbons (Fsp3) is 0.367. The second-order valence-electron chi connectivity index (χ2n) is 9.40. The van der Waals surface area contributed by atoms with Crippen LogP contribution in [0.25, 0.3) is 11.1 Å². The van der Waals surface area contributed by atoms with Crippen LogP contribution in [0, 0.1) is 0 Å². The van der Waals surface area contributed by atoms with Crippen molar-refractivity contribution >= 4 is 5.97 Å². The van der Waals surface area contributed by atoms with Crippen LogP contribution < -0.4 is 18.9 Å². The van der Waals surface area contributed by atoms with E-state index in [-0.39, 0.29) is 26.4 Å². The molecule has 8 heteroatoms. The zero-order chi connectivity index (χ0) is 26.7. The number of fused-ring (bicyclic) bond motifs is 2. The number of ether oxygens (including phenoxy) is 5. The minimum Gasteiger partial charge on any atom is -0.496 e. The lowest BCUT2D eigenvalue weighted by Gasteiger charge is -2.32. The highest BCUT2D eigenvalue weighted by molar-refractivity contribution is 5.88. The third kappa shape index (κ3) is 4.44. The van der Waals surface area contributed by atoms with Crippen LogP contribution in [0.2, 0.25) is 0 Å². The maximum Gasteiger partial charge on any atom is 0.337 e. The SMILES string of the molecule is CCCOc1ccc2c(c1-c1ccccc1OC)CC(OCCCO)(C(=O)O)C2c1ccc2c(c1)OCO2. The normalized spacial score (nSPS) is 19.3. The number of rotatable bonds is 11. The molecule has 5 rings (SSSR count). The highest BCUT2D eigenvalue weighted by Crippen LogP contribution is 2.54. The second kappa shape index (κ2) is 10.9. The molecule has 0 aromatic heterocycles. The summed E-state index contributed by atoms with van der Waals surface area (Å²) in [5.41, 5.74) is 2.42. The van der Waals surface area contributed by atoms with Gasteiger partial charge in [0.1, 0.15) is 11.5 Å². The Bertz CT molecular complexity index is 1320. The lowest BCUT2D eigenvalue weighted by atomic mass is 9.81. The number of aliphatic hydroxyl groups is 1. The molecule has 2 aliphatic rings. The molecule has 0 spiro atoms. The Balaban J connectivity index is 1.75. The van der Waals surface area contributed by atoms with Crippen molar-refractivity contribution < 1.29 is 38.7 Å².